The molecule has 0 spiro atoms. The molecule has 8 heteroatoms. The predicted octanol–water partition coefficient (Wildman–Crippen LogP) is 4.68. The molecule has 1 aromatic carbocycles. The highest BCUT2D eigenvalue weighted by atomic mass is 32.1. The number of amides is 1. The Morgan fingerprint density at radius 2 is 1.84 bits per heavy atom. The van der Waals surface area contributed by atoms with Crippen molar-refractivity contribution in [1.29, 1.82) is 0 Å². The summed E-state index contributed by atoms with van der Waals surface area (Å²) in [6, 6.07) is 12.8. The molecule has 0 saturated heterocycles. The Labute approximate surface area is 184 Å². The number of thiazole rings is 1. The minimum Gasteiger partial charge on any atom is -0.497 e. The third kappa shape index (κ3) is 4.59. The van der Waals surface area contributed by atoms with E-state index >= 15 is 0 Å². The Morgan fingerprint density at radius 1 is 1.06 bits per heavy atom. The average molecular weight is 435 g/mol. The molecule has 0 atom stereocenters. The van der Waals surface area contributed by atoms with Crippen LogP contribution in [0.2, 0.25) is 0 Å². The molecule has 4 rings (SSSR count). The first-order chi connectivity index (χ1) is 15.0. The quantitative estimate of drug-likeness (QED) is 0.457. The lowest BCUT2D eigenvalue weighted by Crippen LogP contribution is -2.23. The van der Waals surface area contributed by atoms with Crippen molar-refractivity contribution < 1.29 is 14.3 Å². The molecule has 3 heterocycles. The number of hydrogen-bond acceptors (Lipinski definition) is 6. The number of pyridine rings is 1. The van der Waals surface area contributed by atoms with Crippen molar-refractivity contribution in [2.24, 2.45) is 0 Å². The number of rotatable bonds is 7. The minimum absolute atomic E-state index is 0.134. The molecule has 1 N–H and O–H groups in total. The highest BCUT2D eigenvalue weighted by molar-refractivity contribution is 7.12. The molecule has 0 aliphatic carbocycles. The smallest absolute Gasteiger partial charge is 0.253 e. The lowest BCUT2D eigenvalue weighted by Gasteiger charge is -2.09. The summed E-state index contributed by atoms with van der Waals surface area (Å²) in [7, 11) is 1.62. The fourth-order valence-electron chi connectivity index (χ4n) is 3.27. The number of methoxy groups -OCH3 is 1. The number of ether oxygens (including phenoxy) is 2. The molecular weight excluding hydrogens is 412 g/mol. The number of aryl methyl sites for hydroxylation is 1. The minimum atomic E-state index is -0.134. The van der Waals surface area contributed by atoms with Crippen LogP contribution >= 0.6 is 11.3 Å². The topological polar surface area (TPSA) is 78.3 Å². The number of hydrogen-bond donors (Lipinski definition) is 1. The maximum atomic E-state index is 12.8. The van der Waals surface area contributed by atoms with Gasteiger partial charge in [-0.15, -0.1) is 11.3 Å². The maximum absolute atomic E-state index is 12.8. The summed E-state index contributed by atoms with van der Waals surface area (Å²) in [6.07, 6.45) is 3.42. The molecule has 0 unspecified atom stereocenters. The van der Waals surface area contributed by atoms with Crippen LogP contribution in [0, 0.1) is 13.8 Å². The fourth-order valence-corrected chi connectivity index (χ4v) is 4.02. The van der Waals surface area contributed by atoms with E-state index in [1.54, 1.807) is 19.5 Å². The van der Waals surface area contributed by atoms with Crippen LogP contribution in [0.1, 0.15) is 27.3 Å². The molecule has 0 bridgehead atoms. The van der Waals surface area contributed by atoms with Crippen LogP contribution in [0.5, 0.6) is 17.4 Å². The lowest BCUT2D eigenvalue weighted by molar-refractivity contribution is 0.0950. The Morgan fingerprint density at radius 3 is 2.55 bits per heavy atom. The van der Waals surface area contributed by atoms with Gasteiger partial charge >= 0.3 is 0 Å². The number of carbonyl (C=O) groups is 1. The predicted molar refractivity (Wildman–Crippen MR) is 119 cm³/mol. The van der Waals surface area contributed by atoms with Gasteiger partial charge in [0.15, 0.2) is 5.13 Å². The summed E-state index contributed by atoms with van der Waals surface area (Å²) < 4.78 is 12.9. The van der Waals surface area contributed by atoms with Gasteiger partial charge in [0.2, 0.25) is 5.88 Å². The fraction of sp³-hybridized carbons (Fsp3) is 0.174. The van der Waals surface area contributed by atoms with Crippen molar-refractivity contribution in [2.45, 2.75) is 20.4 Å². The second kappa shape index (κ2) is 9.01. The summed E-state index contributed by atoms with van der Waals surface area (Å²) in [5, 5.41) is 5.75. The first-order valence-electron chi connectivity index (χ1n) is 9.69. The van der Waals surface area contributed by atoms with Crippen LogP contribution in [0.3, 0.4) is 0 Å². The van der Waals surface area contributed by atoms with Gasteiger partial charge in [-0.2, -0.15) is 0 Å². The van der Waals surface area contributed by atoms with Gasteiger partial charge < -0.3 is 14.8 Å². The zero-order chi connectivity index (χ0) is 21.8. The third-order valence-electron chi connectivity index (χ3n) is 4.82. The molecule has 1 amide bonds. The van der Waals surface area contributed by atoms with E-state index < -0.39 is 0 Å². The summed E-state index contributed by atoms with van der Waals surface area (Å²) in [5.41, 5.74) is 3.36. The molecule has 31 heavy (non-hydrogen) atoms. The Kier molecular flexibility index (Phi) is 5.99. The lowest BCUT2D eigenvalue weighted by atomic mass is 10.2. The van der Waals surface area contributed by atoms with Crippen molar-refractivity contribution in [3.8, 4) is 22.5 Å². The van der Waals surface area contributed by atoms with Crippen LogP contribution in [0.4, 0.5) is 0 Å². The van der Waals surface area contributed by atoms with Gasteiger partial charge in [-0.3, -0.25) is 9.36 Å². The van der Waals surface area contributed by atoms with Crippen LogP contribution in [0.15, 0.2) is 60.2 Å². The highest BCUT2D eigenvalue weighted by Gasteiger charge is 2.17. The molecule has 0 fully saturated rings. The SMILES string of the molecule is COc1ccc(Oc2cc(CNC(=O)c3cc(C)n(-c4nccs4)c3C)ccn2)cc1. The van der Waals surface area contributed by atoms with E-state index in [1.807, 2.05) is 66.3 Å². The number of carbonyl (C=O) groups excluding carboxylic acids is 1. The zero-order valence-electron chi connectivity index (χ0n) is 17.5. The molecule has 158 valence electrons. The summed E-state index contributed by atoms with van der Waals surface area (Å²) in [4.78, 5) is 21.4. The Balaban J connectivity index is 1.43. The summed E-state index contributed by atoms with van der Waals surface area (Å²) >= 11 is 1.54. The standard InChI is InChI=1S/C23H22N4O3S/c1-15-12-20(16(2)27(15)23-25-10-11-31-23)22(28)26-14-17-8-9-24-21(13-17)30-19-6-4-18(29-3)5-7-19/h4-13H,14H2,1-3H3,(H,26,28). The molecule has 4 aromatic rings. The average Bonchev–Trinajstić information content (AvgIpc) is 3.40. The molecule has 0 saturated carbocycles. The van der Waals surface area contributed by atoms with E-state index in [9.17, 15) is 4.79 Å². The normalized spacial score (nSPS) is 10.7. The molecule has 3 aromatic heterocycles. The molecule has 0 aliphatic rings. The molecule has 0 aliphatic heterocycles. The van der Waals surface area contributed by atoms with Crippen molar-refractivity contribution in [3.63, 3.8) is 0 Å². The monoisotopic (exact) mass is 434 g/mol. The zero-order valence-corrected chi connectivity index (χ0v) is 18.3. The number of nitrogens with zero attached hydrogens (tertiary/aromatic N) is 3. The Bertz CT molecular complexity index is 1180. The van der Waals surface area contributed by atoms with Gasteiger partial charge in [0.25, 0.3) is 5.91 Å². The highest BCUT2D eigenvalue weighted by Crippen LogP contribution is 2.24. The van der Waals surface area contributed by atoms with Crippen LogP contribution in [0.25, 0.3) is 5.13 Å². The van der Waals surface area contributed by atoms with Gasteiger partial charge in [-0.1, -0.05) is 0 Å². The van der Waals surface area contributed by atoms with Crippen molar-refractivity contribution in [2.75, 3.05) is 7.11 Å². The summed E-state index contributed by atoms with van der Waals surface area (Å²) in [6.45, 7) is 4.26. The van der Waals surface area contributed by atoms with Crippen LogP contribution in [-0.4, -0.2) is 27.6 Å². The van der Waals surface area contributed by atoms with Gasteiger partial charge in [0, 0.05) is 41.8 Å². The number of aromatic nitrogens is 3. The van der Waals surface area contributed by atoms with Gasteiger partial charge in [0.1, 0.15) is 11.5 Å². The number of nitrogens with one attached hydrogen (secondary N) is 1. The van der Waals surface area contributed by atoms with E-state index in [1.165, 1.54) is 11.3 Å². The van der Waals surface area contributed by atoms with Crippen molar-refractivity contribution >= 4 is 17.2 Å². The van der Waals surface area contributed by atoms with Gasteiger partial charge in [0.05, 0.1) is 12.7 Å². The first-order valence-corrected chi connectivity index (χ1v) is 10.6. The van der Waals surface area contributed by atoms with Gasteiger partial charge in [-0.05, 0) is 55.8 Å². The van der Waals surface area contributed by atoms with Crippen molar-refractivity contribution in [1.82, 2.24) is 19.9 Å². The van der Waals surface area contributed by atoms with Gasteiger partial charge in [-0.25, -0.2) is 9.97 Å². The van der Waals surface area contributed by atoms with E-state index in [-0.39, 0.29) is 5.91 Å². The summed E-state index contributed by atoms with van der Waals surface area (Å²) in [5.74, 6) is 1.74. The number of benzene rings is 1. The van der Waals surface area contributed by atoms with Crippen LogP contribution < -0.4 is 14.8 Å². The third-order valence-corrected chi connectivity index (χ3v) is 5.58. The van der Waals surface area contributed by atoms with E-state index in [2.05, 4.69) is 15.3 Å². The maximum Gasteiger partial charge on any atom is 0.253 e. The second-order valence-electron chi connectivity index (χ2n) is 6.90. The first kappa shape index (κ1) is 20.6. The second-order valence-corrected chi connectivity index (χ2v) is 7.77. The molecule has 7 nitrogen and oxygen atoms in total. The largest absolute Gasteiger partial charge is 0.497 e. The van der Waals surface area contributed by atoms with E-state index in [4.69, 9.17) is 9.47 Å². The van der Waals surface area contributed by atoms with Crippen molar-refractivity contribution in [3.05, 3.63) is 82.8 Å². The van der Waals surface area contributed by atoms with E-state index in [0.717, 1.165) is 27.8 Å². The molecular formula is C23H22N4O3S. The Hall–Kier alpha value is -3.65. The van der Waals surface area contributed by atoms with Crippen LogP contribution in [-0.2, 0) is 6.54 Å². The molecule has 0 radical (unpaired) electrons. The van der Waals surface area contributed by atoms with E-state index in [0.29, 0.717) is 23.7 Å².